The van der Waals surface area contributed by atoms with E-state index in [1.807, 2.05) is 4.90 Å². The van der Waals surface area contributed by atoms with E-state index in [-0.39, 0.29) is 11.9 Å². The van der Waals surface area contributed by atoms with Gasteiger partial charge in [0.05, 0.1) is 6.04 Å². The first-order chi connectivity index (χ1) is 8.34. The lowest BCUT2D eigenvalue weighted by atomic mass is 9.95. The van der Waals surface area contributed by atoms with Crippen LogP contribution in [0.5, 0.6) is 0 Å². The molecular formula is C14H18N2O. The third kappa shape index (κ3) is 2.07. The summed E-state index contributed by atoms with van der Waals surface area (Å²) in [6.07, 6.45) is 3.16. The summed E-state index contributed by atoms with van der Waals surface area (Å²) in [6.45, 7) is 2.71. The Bertz CT molecular complexity index is 424. The van der Waals surface area contributed by atoms with Gasteiger partial charge in [0.15, 0.2) is 0 Å². The second-order valence-electron chi connectivity index (χ2n) is 4.94. The van der Waals surface area contributed by atoms with Crippen molar-refractivity contribution in [2.75, 3.05) is 13.1 Å². The van der Waals surface area contributed by atoms with E-state index in [0.717, 1.165) is 38.9 Å². The minimum atomic E-state index is -0.0111. The molecule has 0 aromatic heterocycles. The Kier molecular flexibility index (Phi) is 2.85. The molecule has 1 aromatic carbocycles. The Balaban J connectivity index is 1.73. The van der Waals surface area contributed by atoms with Crippen molar-refractivity contribution >= 4 is 5.91 Å². The zero-order valence-electron chi connectivity index (χ0n) is 9.98. The Morgan fingerprint density at radius 1 is 1.18 bits per heavy atom. The Morgan fingerprint density at radius 3 is 2.65 bits per heavy atom. The molecule has 0 aliphatic carbocycles. The van der Waals surface area contributed by atoms with Gasteiger partial charge in [0.25, 0.3) is 0 Å². The molecule has 1 atom stereocenters. The summed E-state index contributed by atoms with van der Waals surface area (Å²) in [5.74, 6) is 0.289. The fraction of sp³-hybridized carbons (Fsp3) is 0.500. The maximum Gasteiger partial charge on any atom is 0.240 e. The van der Waals surface area contributed by atoms with Crippen LogP contribution in [0.25, 0.3) is 0 Å². The van der Waals surface area contributed by atoms with Crippen molar-refractivity contribution in [3.8, 4) is 0 Å². The number of nitrogens with zero attached hydrogens (tertiary/aromatic N) is 1. The molecule has 0 bridgehead atoms. The van der Waals surface area contributed by atoms with E-state index < -0.39 is 0 Å². The minimum absolute atomic E-state index is 0.0111. The average Bonchev–Trinajstić information content (AvgIpc) is 2.91. The van der Waals surface area contributed by atoms with Gasteiger partial charge in [-0.1, -0.05) is 24.3 Å². The fourth-order valence-corrected chi connectivity index (χ4v) is 2.79. The summed E-state index contributed by atoms with van der Waals surface area (Å²) >= 11 is 0. The van der Waals surface area contributed by atoms with Crippen molar-refractivity contribution in [3.05, 3.63) is 35.4 Å². The van der Waals surface area contributed by atoms with Crippen LogP contribution in [-0.2, 0) is 17.8 Å². The Labute approximate surface area is 102 Å². The number of benzene rings is 1. The molecule has 17 heavy (non-hydrogen) atoms. The smallest absolute Gasteiger partial charge is 0.240 e. The van der Waals surface area contributed by atoms with Crippen LogP contribution in [0.4, 0.5) is 0 Å². The molecule has 1 fully saturated rings. The van der Waals surface area contributed by atoms with Gasteiger partial charge >= 0.3 is 0 Å². The van der Waals surface area contributed by atoms with E-state index in [1.165, 1.54) is 11.1 Å². The molecule has 2 aliphatic heterocycles. The molecule has 3 nitrogen and oxygen atoms in total. The highest BCUT2D eigenvalue weighted by molar-refractivity contribution is 5.82. The van der Waals surface area contributed by atoms with Crippen LogP contribution in [-0.4, -0.2) is 29.9 Å². The van der Waals surface area contributed by atoms with Gasteiger partial charge in [-0.2, -0.15) is 0 Å². The van der Waals surface area contributed by atoms with Crippen molar-refractivity contribution in [2.24, 2.45) is 0 Å². The number of likely N-dealkylation sites (tertiary alicyclic amines) is 1. The van der Waals surface area contributed by atoms with Crippen LogP contribution >= 0.6 is 0 Å². The quantitative estimate of drug-likeness (QED) is 0.789. The fourth-order valence-electron chi connectivity index (χ4n) is 2.79. The van der Waals surface area contributed by atoms with Gasteiger partial charge in [0.2, 0.25) is 5.91 Å². The highest BCUT2D eigenvalue weighted by Crippen LogP contribution is 2.18. The maximum atomic E-state index is 12.3. The molecular weight excluding hydrogens is 212 g/mol. The van der Waals surface area contributed by atoms with Crippen molar-refractivity contribution < 1.29 is 4.79 Å². The summed E-state index contributed by atoms with van der Waals surface area (Å²) < 4.78 is 0. The van der Waals surface area contributed by atoms with Crippen molar-refractivity contribution in [1.82, 2.24) is 10.2 Å². The van der Waals surface area contributed by atoms with Crippen LogP contribution in [0.15, 0.2) is 24.3 Å². The summed E-state index contributed by atoms with van der Waals surface area (Å²) in [5.41, 5.74) is 2.65. The number of amides is 1. The second kappa shape index (κ2) is 4.49. The van der Waals surface area contributed by atoms with Gasteiger partial charge in [0, 0.05) is 19.6 Å². The predicted molar refractivity (Wildman–Crippen MR) is 66.6 cm³/mol. The molecule has 0 saturated carbocycles. The minimum Gasteiger partial charge on any atom is -0.341 e. The number of fused-ring (bicyclic) bond motifs is 1. The van der Waals surface area contributed by atoms with Crippen molar-refractivity contribution in [1.29, 1.82) is 0 Å². The van der Waals surface area contributed by atoms with Gasteiger partial charge in [-0.15, -0.1) is 0 Å². The largest absolute Gasteiger partial charge is 0.341 e. The van der Waals surface area contributed by atoms with E-state index in [1.54, 1.807) is 0 Å². The van der Waals surface area contributed by atoms with E-state index in [0.29, 0.717) is 0 Å². The van der Waals surface area contributed by atoms with Crippen molar-refractivity contribution in [2.45, 2.75) is 31.8 Å². The summed E-state index contributed by atoms with van der Waals surface area (Å²) in [4.78, 5) is 14.3. The third-order valence-corrected chi connectivity index (χ3v) is 3.80. The van der Waals surface area contributed by atoms with Gasteiger partial charge in [-0.05, 0) is 30.4 Å². The topological polar surface area (TPSA) is 32.3 Å². The Hall–Kier alpha value is -1.35. The lowest BCUT2D eigenvalue weighted by Gasteiger charge is -2.28. The third-order valence-electron chi connectivity index (χ3n) is 3.80. The van der Waals surface area contributed by atoms with Gasteiger partial charge in [-0.3, -0.25) is 4.79 Å². The summed E-state index contributed by atoms with van der Waals surface area (Å²) in [5, 5.41) is 3.36. The Morgan fingerprint density at radius 2 is 1.88 bits per heavy atom. The zero-order valence-corrected chi connectivity index (χ0v) is 9.98. The number of nitrogens with one attached hydrogen (secondary N) is 1. The number of hydrogen-bond acceptors (Lipinski definition) is 2. The standard InChI is InChI=1S/C14H18N2O/c17-14(16-7-3-4-8-16)13-9-11-5-1-2-6-12(11)10-15-13/h1-2,5-6,13,15H,3-4,7-10H2/t13-/m1/s1. The summed E-state index contributed by atoms with van der Waals surface area (Å²) in [7, 11) is 0. The number of hydrogen-bond donors (Lipinski definition) is 1. The summed E-state index contributed by atoms with van der Waals surface area (Å²) in [6, 6.07) is 8.38. The van der Waals surface area contributed by atoms with Crippen LogP contribution in [0.3, 0.4) is 0 Å². The molecule has 1 saturated heterocycles. The number of carbonyl (C=O) groups excluding carboxylic acids is 1. The molecule has 0 spiro atoms. The molecule has 3 rings (SSSR count). The molecule has 90 valence electrons. The van der Waals surface area contributed by atoms with Crippen LogP contribution in [0.2, 0.25) is 0 Å². The second-order valence-corrected chi connectivity index (χ2v) is 4.94. The van der Waals surface area contributed by atoms with Crippen molar-refractivity contribution in [3.63, 3.8) is 0 Å². The first-order valence-corrected chi connectivity index (χ1v) is 6.43. The monoisotopic (exact) mass is 230 g/mol. The van der Waals surface area contributed by atoms with Crippen LogP contribution < -0.4 is 5.32 Å². The van der Waals surface area contributed by atoms with Gasteiger partial charge in [0.1, 0.15) is 0 Å². The highest BCUT2D eigenvalue weighted by atomic mass is 16.2. The lowest BCUT2D eigenvalue weighted by Crippen LogP contribution is -2.48. The van der Waals surface area contributed by atoms with Crippen LogP contribution in [0, 0.1) is 0 Å². The normalized spacial score (nSPS) is 23.5. The molecule has 0 radical (unpaired) electrons. The first-order valence-electron chi connectivity index (χ1n) is 6.43. The zero-order chi connectivity index (χ0) is 11.7. The average molecular weight is 230 g/mol. The van der Waals surface area contributed by atoms with E-state index in [9.17, 15) is 4.79 Å². The van der Waals surface area contributed by atoms with E-state index in [4.69, 9.17) is 0 Å². The molecule has 1 aromatic rings. The lowest BCUT2D eigenvalue weighted by molar-refractivity contribution is -0.132. The molecule has 2 aliphatic rings. The molecule has 2 heterocycles. The first kappa shape index (κ1) is 10.8. The van der Waals surface area contributed by atoms with Gasteiger partial charge < -0.3 is 10.2 Å². The van der Waals surface area contributed by atoms with E-state index >= 15 is 0 Å². The molecule has 3 heteroatoms. The molecule has 1 amide bonds. The molecule has 0 unspecified atom stereocenters. The molecule has 1 N–H and O–H groups in total. The highest BCUT2D eigenvalue weighted by Gasteiger charge is 2.28. The van der Waals surface area contributed by atoms with Gasteiger partial charge in [-0.25, -0.2) is 0 Å². The number of rotatable bonds is 1. The SMILES string of the molecule is O=C([C@H]1Cc2ccccc2CN1)N1CCCC1. The van der Waals surface area contributed by atoms with Crippen LogP contribution in [0.1, 0.15) is 24.0 Å². The maximum absolute atomic E-state index is 12.3. The predicted octanol–water partition coefficient (Wildman–Crippen LogP) is 1.32. The van der Waals surface area contributed by atoms with E-state index in [2.05, 4.69) is 29.6 Å². The number of carbonyl (C=O) groups is 1.